The summed E-state index contributed by atoms with van der Waals surface area (Å²) in [6, 6.07) is 11.4. The summed E-state index contributed by atoms with van der Waals surface area (Å²) in [7, 11) is -1.42. The molecule has 0 bridgehead atoms. The minimum absolute atomic E-state index is 0.510. The quantitative estimate of drug-likeness (QED) is 0.874. The highest BCUT2D eigenvalue weighted by Crippen LogP contribution is 2.30. The van der Waals surface area contributed by atoms with Gasteiger partial charge in [0.15, 0.2) is 0 Å². The van der Waals surface area contributed by atoms with Gasteiger partial charge in [0.2, 0.25) is 0 Å². The Morgan fingerprint density at radius 3 is 2.77 bits per heavy atom. The van der Waals surface area contributed by atoms with Gasteiger partial charge in [0.25, 0.3) is 0 Å². The molecular formula is C16H20ClN3OS. The van der Waals surface area contributed by atoms with E-state index in [2.05, 4.69) is 9.88 Å². The van der Waals surface area contributed by atoms with Gasteiger partial charge in [0.05, 0.1) is 17.1 Å². The van der Waals surface area contributed by atoms with Crippen molar-refractivity contribution >= 4 is 28.3 Å². The van der Waals surface area contributed by atoms with Crippen molar-refractivity contribution in [3.8, 4) is 0 Å². The van der Waals surface area contributed by atoms with Gasteiger partial charge in [-0.15, -0.1) is 0 Å². The van der Waals surface area contributed by atoms with Gasteiger partial charge in [-0.1, -0.05) is 31.5 Å². The number of rotatable bonds is 3. The number of nitrogens with zero attached hydrogens (tertiary/aromatic N) is 2. The van der Waals surface area contributed by atoms with Crippen LogP contribution in [-0.2, 0) is 24.0 Å². The van der Waals surface area contributed by atoms with E-state index < -0.39 is 11.0 Å². The second-order valence-corrected chi connectivity index (χ2v) is 6.16. The Morgan fingerprint density at radius 1 is 1.32 bits per heavy atom. The highest BCUT2D eigenvalue weighted by molar-refractivity contribution is 7.82. The molecule has 0 aliphatic carbocycles. The molecule has 0 saturated carbocycles. The lowest BCUT2D eigenvalue weighted by Gasteiger charge is -2.19. The molecule has 0 fully saturated rings. The summed E-state index contributed by atoms with van der Waals surface area (Å²) in [6.45, 7) is 5.64. The van der Waals surface area contributed by atoms with E-state index in [4.69, 9.17) is 16.7 Å². The van der Waals surface area contributed by atoms with Gasteiger partial charge in [0.1, 0.15) is 16.1 Å². The molecule has 0 radical (unpaired) electrons. The maximum atomic E-state index is 11.3. The Labute approximate surface area is 138 Å². The molecule has 1 aliphatic rings. The van der Waals surface area contributed by atoms with Crippen molar-refractivity contribution in [2.75, 3.05) is 11.4 Å². The van der Waals surface area contributed by atoms with Crippen LogP contribution < -0.4 is 10.0 Å². The van der Waals surface area contributed by atoms with Crippen LogP contribution in [0.2, 0.25) is 5.15 Å². The summed E-state index contributed by atoms with van der Waals surface area (Å²) in [5.74, 6) is 0. The zero-order chi connectivity index (χ0) is 16.1. The molecule has 1 aliphatic heterocycles. The fourth-order valence-electron chi connectivity index (χ4n) is 2.47. The first-order valence-corrected chi connectivity index (χ1v) is 8.88. The Hall–Kier alpha value is -1.43. The second kappa shape index (κ2) is 7.72. The maximum Gasteiger partial charge on any atom is 0.129 e. The van der Waals surface area contributed by atoms with E-state index in [9.17, 15) is 4.21 Å². The fourth-order valence-corrected chi connectivity index (χ4v) is 3.11. The summed E-state index contributed by atoms with van der Waals surface area (Å²) >= 11 is 5.91. The Bertz CT molecular complexity index is 678. The predicted octanol–water partition coefficient (Wildman–Crippen LogP) is 3.31. The molecule has 0 spiro atoms. The van der Waals surface area contributed by atoms with Gasteiger partial charge in [-0.3, -0.25) is 0 Å². The maximum absolute atomic E-state index is 11.3. The molecule has 118 valence electrons. The molecular weight excluding hydrogens is 318 g/mol. The largest absolute Gasteiger partial charge is 0.365 e. The van der Waals surface area contributed by atoms with E-state index >= 15 is 0 Å². The number of aromatic nitrogens is 1. The van der Waals surface area contributed by atoms with Crippen LogP contribution in [0.3, 0.4) is 0 Å². The first-order valence-electron chi connectivity index (χ1n) is 7.29. The molecule has 2 heterocycles. The molecule has 4 nitrogen and oxygen atoms in total. The number of anilines is 1. The van der Waals surface area contributed by atoms with Gasteiger partial charge in [-0.05, 0) is 42.3 Å². The van der Waals surface area contributed by atoms with Crippen LogP contribution >= 0.6 is 11.6 Å². The Balaban J connectivity index is 0.000000847. The Kier molecular flexibility index (Phi) is 5.94. The predicted molar refractivity (Wildman–Crippen MR) is 92.4 cm³/mol. The van der Waals surface area contributed by atoms with E-state index in [1.807, 2.05) is 44.2 Å². The molecule has 1 aromatic heterocycles. The zero-order valence-corrected chi connectivity index (χ0v) is 14.3. The first kappa shape index (κ1) is 16.9. The third kappa shape index (κ3) is 3.85. The SMILES string of the molecule is CC.NS(=O)c1ccc2c(c1)CCN2Cc1cccc(Cl)n1. The average Bonchev–Trinajstić information content (AvgIpc) is 2.91. The number of nitrogens with two attached hydrogens (primary N) is 1. The summed E-state index contributed by atoms with van der Waals surface area (Å²) in [5.41, 5.74) is 3.28. The monoisotopic (exact) mass is 337 g/mol. The second-order valence-electron chi connectivity index (χ2n) is 4.71. The highest BCUT2D eigenvalue weighted by Gasteiger charge is 2.20. The van der Waals surface area contributed by atoms with Crippen LogP contribution in [0.4, 0.5) is 5.69 Å². The van der Waals surface area contributed by atoms with Gasteiger partial charge in [-0.25, -0.2) is 14.3 Å². The van der Waals surface area contributed by atoms with E-state index in [0.717, 1.165) is 30.9 Å². The molecule has 2 aromatic rings. The number of fused-ring (bicyclic) bond motifs is 1. The topological polar surface area (TPSA) is 59.2 Å². The van der Waals surface area contributed by atoms with Gasteiger partial charge >= 0.3 is 0 Å². The normalized spacial score (nSPS) is 14.1. The number of halogens is 1. The van der Waals surface area contributed by atoms with Crippen LogP contribution in [0.1, 0.15) is 25.1 Å². The van der Waals surface area contributed by atoms with E-state index in [1.54, 1.807) is 6.07 Å². The third-order valence-corrected chi connectivity index (χ3v) is 4.33. The van der Waals surface area contributed by atoms with Crippen molar-refractivity contribution < 1.29 is 4.21 Å². The molecule has 22 heavy (non-hydrogen) atoms. The lowest BCUT2D eigenvalue weighted by Crippen LogP contribution is -2.20. The summed E-state index contributed by atoms with van der Waals surface area (Å²) in [6.07, 6.45) is 0.931. The van der Waals surface area contributed by atoms with E-state index in [-0.39, 0.29) is 0 Å². The van der Waals surface area contributed by atoms with Crippen molar-refractivity contribution in [1.82, 2.24) is 4.98 Å². The molecule has 1 aromatic carbocycles. The van der Waals surface area contributed by atoms with Gasteiger partial charge in [-0.2, -0.15) is 0 Å². The van der Waals surface area contributed by atoms with Crippen molar-refractivity contribution in [2.24, 2.45) is 5.14 Å². The van der Waals surface area contributed by atoms with Crippen LogP contribution in [-0.4, -0.2) is 15.7 Å². The smallest absolute Gasteiger partial charge is 0.129 e. The summed E-state index contributed by atoms with van der Waals surface area (Å²) in [4.78, 5) is 7.23. The number of hydrogen-bond donors (Lipinski definition) is 1. The van der Waals surface area contributed by atoms with Crippen LogP contribution in [0.15, 0.2) is 41.3 Å². The summed E-state index contributed by atoms with van der Waals surface area (Å²) in [5, 5.41) is 5.93. The first-order chi connectivity index (χ1) is 10.6. The van der Waals surface area contributed by atoms with Gasteiger partial charge in [0, 0.05) is 12.2 Å². The lowest BCUT2D eigenvalue weighted by molar-refractivity contribution is 0.684. The van der Waals surface area contributed by atoms with Crippen LogP contribution in [0, 0.1) is 0 Å². The fraction of sp³-hybridized carbons (Fsp3) is 0.312. The molecule has 6 heteroatoms. The van der Waals surface area contributed by atoms with Crippen LogP contribution in [0.5, 0.6) is 0 Å². The van der Waals surface area contributed by atoms with E-state index in [1.165, 1.54) is 5.56 Å². The van der Waals surface area contributed by atoms with Crippen molar-refractivity contribution in [3.05, 3.63) is 52.8 Å². The van der Waals surface area contributed by atoms with Crippen molar-refractivity contribution in [1.29, 1.82) is 0 Å². The standard InChI is InChI=1S/C14H14ClN3OS.C2H6/c15-14-3-1-2-11(17-14)9-18-7-6-10-8-12(20(16)19)4-5-13(10)18;1-2/h1-5,8H,6-7,9,16H2;1-2H3. The highest BCUT2D eigenvalue weighted by atomic mass is 35.5. The zero-order valence-electron chi connectivity index (χ0n) is 12.8. The molecule has 0 saturated heterocycles. The minimum atomic E-state index is -1.42. The minimum Gasteiger partial charge on any atom is -0.365 e. The molecule has 2 N–H and O–H groups in total. The number of benzene rings is 1. The molecule has 3 rings (SSSR count). The Morgan fingerprint density at radius 2 is 2.09 bits per heavy atom. The van der Waals surface area contributed by atoms with Crippen molar-refractivity contribution in [2.45, 2.75) is 31.7 Å². The van der Waals surface area contributed by atoms with Crippen molar-refractivity contribution in [3.63, 3.8) is 0 Å². The molecule has 1 atom stereocenters. The number of hydrogen-bond acceptors (Lipinski definition) is 3. The average molecular weight is 338 g/mol. The number of pyridine rings is 1. The third-order valence-electron chi connectivity index (χ3n) is 3.40. The lowest BCUT2D eigenvalue weighted by atomic mass is 10.2. The summed E-state index contributed by atoms with van der Waals surface area (Å²) < 4.78 is 11.3. The van der Waals surface area contributed by atoms with E-state index in [0.29, 0.717) is 10.0 Å². The van der Waals surface area contributed by atoms with Crippen LogP contribution in [0.25, 0.3) is 0 Å². The van der Waals surface area contributed by atoms with Gasteiger partial charge < -0.3 is 4.90 Å². The molecule has 1 unspecified atom stereocenters. The molecule has 0 amide bonds.